The van der Waals surface area contributed by atoms with Crippen molar-refractivity contribution in [2.24, 2.45) is 10.7 Å². The van der Waals surface area contributed by atoms with Gasteiger partial charge in [0.2, 0.25) is 5.96 Å². The molecule has 0 aliphatic carbocycles. The highest BCUT2D eigenvalue weighted by Gasteiger charge is 2.22. The van der Waals surface area contributed by atoms with Gasteiger partial charge >= 0.3 is 0 Å². The molecule has 0 amide bonds. The van der Waals surface area contributed by atoms with Gasteiger partial charge in [-0.1, -0.05) is 13.3 Å². The molecule has 0 aromatic rings. The van der Waals surface area contributed by atoms with Gasteiger partial charge in [-0.3, -0.25) is 15.3 Å². The van der Waals surface area contributed by atoms with E-state index in [0.29, 0.717) is 0 Å². The van der Waals surface area contributed by atoms with Crippen LogP contribution in [0, 0.1) is 5.41 Å². The van der Waals surface area contributed by atoms with E-state index in [1.165, 1.54) is 0 Å². The van der Waals surface area contributed by atoms with Crippen molar-refractivity contribution in [3.8, 4) is 0 Å². The van der Waals surface area contributed by atoms with Crippen LogP contribution in [-0.4, -0.2) is 47.9 Å². The fraction of sp³-hybridized carbons (Fsp3) is 0.800. The summed E-state index contributed by atoms with van der Waals surface area (Å²) in [7, 11) is 0. The van der Waals surface area contributed by atoms with E-state index in [1.54, 1.807) is 4.90 Å². The number of unbranched alkanes of at least 4 members (excludes halogenated alkanes) is 1. The molecule has 0 aromatic carbocycles. The Balaban J connectivity index is 2.66. The Morgan fingerprint density at radius 2 is 2.33 bits per heavy atom. The van der Waals surface area contributed by atoms with Crippen LogP contribution in [-0.2, 0) is 0 Å². The number of hydrogen-bond acceptors (Lipinski definition) is 3. The van der Waals surface area contributed by atoms with Crippen molar-refractivity contribution in [1.29, 1.82) is 5.41 Å². The van der Waals surface area contributed by atoms with Crippen LogP contribution in [0.3, 0.4) is 0 Å². The van der Waals surface area contributed by atoms with E-state index in [0.717, 1.165) is 45.0 Å². The molecule has 5 heteroatoms. The van der Waals surface area contributed by atoms with E-state index in [9.17, 15) is 0 Å². The van der Waals surface area contributed by atoms with Crippen LogP contribution >= 0.6 is 0 Å². The van der Waals surface area contributed by atoms with E-state index < -0.39 is 0 Å². The fourth-order valence-corrected chi connectivity index (χ4v) is 1.67. The molecular formula is C10H21N5. The van der Waals surface area contributed by atoms with E-state index in [1.807, 2.05) is 0 Å². The van der Waals surface area contributed by atoms with Crippen LogP contribution < -0.4 is 5.73 Å². The Kier molecular flexibility index (Phi) is 4.39. The third kappa shape index (κ3) is 2.84. The van der Waals surface area contributed by atoms with E-state index in [4.69, 9.17) is 11.1 Å². The lowest BCUT2D eigenvalue weighted by atomic mass is 10.3. The topological polar surface area (TPSA) is 68.7 Å². The van der Waals surface area contributed by atoms with Gasteiger partial charge < -0.3 is 10.6 Å². The number of nitrogens with one attached hydrogen (secondary N) is 1. The smallest absolute Gasteiger partial charge is 0.203 e. The molecule has 1 aliphatic heterocycles. The number of rotatable bonds is 4. The van der Waals surface area contributed by atoms with Gasteiger partial charge in [0.05, 0.1) is 6.54 Å². The van der Waals surface area contributed by atoms with Crippen LogP contribution in [0.2, 0.25) is 0 Å². The first-order valence-electron chi connectivity index (χ1n) is 5.61. The highest BCUT2D eigenvalue weighted by molar-refractivity contribution is 5.97. The predicted octanol–water partition coefficient (Wildman–Crippen LogP) is 0.673. The highest BCUT2D eigenvalue weighted by Crippen LogP contribution is 2.07. The molecule has 1 rings (SSSR count). The van der Waals surface area contributed by atoms with Gasteiger partial charge in [-0.05, 0) is 13.3 Å². The monoisotopic (exact) mass is 211 g/mol. The zero-order valence-corrected chi connectivity index (χ0v) is 9.66. The first-order valence-corrected chi connectivity index (χ1v) is 5.61. The second-order valence-corrected chi connectivity index (χ2v) is 3.65. The lowest BCUT2D eigenvalue weighted by Gasteiger charge is -2.28. The van der Waals surface area contributed by atoms with Gasteiger partial charge in [-0.2, -0.15) is 0 Å². The summed E-state index contributed by atoms with van der Waals surface area (Å²) in [6.07, 6.45) is 2.14. The van der Waals surface area contributed by atoms with Gasteiger partial charge in [0.25, 0.3) is 0 Å². The summed E-state index contributed by atoms with van der Waals surface area (Å²) in [5.41, 5.74) is 5.58. The zero-order chi connectivity index (χ0) is 11.3. The largest absolute Gasteiger partial charge is 0.370 e. The molecule has 0 spiro atoms. The minimum Gasteiger partial charge on any atom is -0.370 e. The average molecular weight is 211 g/mol. The van der Waals surface area contributed by atoms with Gasteiger partial charge in [-0.25, -0.2) is 0 Å². The normalized spacial score (nSPS) is 15.3. The van der Waals surface area contributed by atoms with Crippen LogP contribution in [0.4, 0.5) is 0 Å². The maximum Gasteiger partial charge on any atom is 0.203 e. The molecule has 1 aliphatic rings. The summed E-state index contributed by atoms with van der Waals surface area (Å²) >= 11 is 0. The summed E-state index contributed by atoms with van der Waals surface area (Å²) < 4.78 is 0. The van der Waals surface area contributed by atoms with Crippen molar-refractivity contribution in [2.75, 3.05) is 26.2 Å². The van der Waals surface area contributed by atoms with Crippen molar-refractivity contribution >= 4 is 11.9 Å². The Morgan fingerprint density at radius 3 is 2.87 bits per heavy atom. The van der Waals surface area contributed by atoms with Crippen LogP contribution in [0.1, 0.15) is 26.7 Å². The Bertz CT molecular complexity index is 248. The van der Waals surface area contributed by atoms with Crippen LogP contribution in [0.25, 0.3) is 0 Å². The molecule has 0 radical (unpaired) electrons. The lowest BCUT2D eigenvalue weighted by molar-refractivity contribution is 0.416. The summed E-state index contributed by atoms with van der Waals surface area (Å²) in [5, 5.41) is 7.56. The summed E-state index contributed by atoms with van der Waals surface area (Å²) in [4.78, 5) is 8.38. The Hall–Kier alpha value is -1.26. The molecule has 0 unspecified atom stereocenters. The van der Waals surface area contributed by atoms with Crippen LogP contribution in [0.15, 0.2) is 4.99 Å². The number of guanidine groups is 2. The van der Waals surface area contributed by atoms with E-state index in [-0.39, 0.29) is 5.96 Å². The molecule has 0 atom stereocenters. The first-order chi connectivity index (χ1) is 7.20. The third-order valence-electron chi connectivity index (χ3n) is 2.56. The van der Waals surface area contributed by atoms with Crippen LogP contribution in [0.5, 0.6) is 0 Å². The molecule has 86 valence electrons. The van der Waals surface area contributed by atoms with E-state index in [2.05, 4.69) is 23.7 Å². The van der Waals surface area contributed by atoms with Gasteiger partial charge in [0.1, 0.15) is 0 Å². The maximum absolute atomic E-state index is 7.56. The number of nitrogens with two attached hydrogens (primary N) is 1. The van der Waals surface area contributed by atoms with Gasteiger partial charge in [-0.15, -0.1) is 0 Å². The molecule has 0 aromatic heterocycles. The SMILES string of the molecule is CCCCN(C(=N)N)C1=NCCN1CC. The number of hydrogen-bond donors (Lipinski definition) is 2. The second-order valence-electron chi connectivity index (χ2n) is 3.65. The molecule has 0 saturated carbocycles. The second kappa shape index (κ2) is 5.58. The fourth-order valence-electron chi connectivity index (χ4n) is 1.67. The summed E-state index contributed by atoms with van der Waals surface area (Å²) in [6.45, 7) is 7.71. The third-order valence-corrected chi connectivity index (χ3v) is 2.56. The van der Waals surface area contributed by atoms with Gasteiger partial charge in [0, 0.05) is 19.6 Å². The number of aliphatic imine (C=N–C) groups is 1. The van der Waals surface area contributed by atoms with Crippen molar-refractivity contribution in [3.05, 3.63) is 0 Å². The molecule has 0 fully saturated rings. The molecule has 0 bridgehead atoms. The predicted molar refractivity (Wildman–Crippen MR) is 63.1 cm³/mol. The van der Waals surface area contributed by atoms with Crippen molar-refractivity contribution < 1.29 is 0 Å². The van der Waals surface area contributed by atoms with Crippen molar-refractivity contribution in [1.82, 2.24) is 9.80 Å². The minimum atomic E-state index is 0.0996. The Morgan fingerprint density at radius 1 is 1.60 bits per heavy atom. The van der Waals surface area contributed by atoms with Crippen molar-refractivity contribution in [2.45, 2.75) is 26.7 Å². The van der Waals surface area contributed by atoms with Crippen molar-refractivity contribution in [3.63, 3.8) is 0 Å². The standard InChI is InChI=1S/C10H21N5/c1-3-5-7-15(9(11)12)10-13-6-8-14(10)4-2/h3-8H2,1-2H3,(H3,11,12). The zero-order valence-electron chi connectivity index (χ0n) is 9.66. The maximum atomic E-state index is 7.56. The lowest BCUT2D eigenvalue weighted by Crippen LogP contribution is -2.48. The van der Waals surface area contributed by atoms with Gasteiger partial charge in [0.15, 0.2) is 5.96 Å². The molecule has 5 nitrogen and oxygen atoms in total. The molecule has 1 heterocycles. The molecule has 0 saturated heterocycles. The average Bonchev–Trinajstić information content (AvgIpc) is 2.66. The molecular weight excluding hydrogens is 190 g/mol. The van der Waals surface area contributed by atoms with E-state index >= 15 is 0 Å². The quantitative estimate of drug-likeness (QED) is 0.530. The minimum absolute atomic E-state index is 0.0996. The molecule has 3 N–H and O–H groups in total. The number of nitrogens with zero attached hydrogens (tertiary/aromatic N) is 3. The number of likely N-dealkylation sites (N-methyl/N-ethyl adjacent to an activating group) is 1. The summed E-state index contributed by atoms with van der Waals surface area (Å²) in [6, 6.07) is 0. The molecule has 15 heavy (non-hydrogen) atoms. The Labute approximate surface area is 91.5 Å². The first kappa shape index (κ1) is 11.8. The summed E-state index contributed by atoms with van der Waals surface area (Å²) in [5.74, 6) is 0.973. The highest BCUT2D eigenvalue weighted by atomic mass is 15.4.